The minimum Gasteiger partial charge on any atom is -0.495 e. The zero-order valence-electron chi connectivity index (χ0n) is 22.9. The number of rotatable bonds is 9. The molecule has 0 N–H and O–H groups in total. The number of pyridine rings is 1. The molecule has 0 radical (unpaired) electrons. The second-order valence-electron chi connectivity index (χ2n) is 10.4. The van der Waals surface area contributed by atoms with Gasteiger partial charge in [0.25, 0.3) is 0 Å². The third-order valence-electron chi connectivity index (χ3n) is 7.75. The van der Waals surface area contributed by atoms with Gasteiger partial charge in [0.2, 0.25) is 5.91 Å². The summed E-state index contributed by atoms with van der Waals surface area (Å²) in [6.45, 7) is 8.24. The lowest BCUT2D eigenvalue weighted by Gasteiger charge is -2.39. The number of methoxy groups -OCH3 is 1. The van der Waals surface area contributed by atoms with Crippen molar-refractivity contribution < 1.29 is 23.4 Å². The Labute approximate surface area is 229 Å². The molecule has 206 valence electrons. The maximum atomic E-state index is 13.6. The van der Waals surface area contributed by atoms with Gasteiger partial charge in [0.05, 0.1) is 44.0 Å². The quantitative estimate of drug-likeness (QED) is 0.351. The Morgan fingerprint density at radius 1 is 0.974 bits per heavy atom. The molecule has 1 aromatic heterocycles. The average Bonchev–Trinajstić information content (AvgIpc) is 3.26. The van der Waals surface area contributed by atoms with E-state index in [9.17, 15) is 9.18 Å². The summed E-state index contributed by atoms with van der Waals surface area (Å²) in [4.78, 5) is 21.5. The second kappa shape index (κ2) is 11.6. The number of likely N-dealkylation sites (tertiary alicyclic amines) is 1. The molecule has 2 aromatic carbocycles. The molecule has 1 amide bonds. The van der Waals surface area contributed by atoms with E-state index in [0.717, 1.165) is 66.4 Å². The number of piperidine rings is 1. The zero-order valence-corrected chi connectivity index (χ0v) is 22.9. The van der Waals surface area contributed by atoms with Gasteiger partial charge >= 0.3 is 0 Å². The first-order valence-corrected chi connectivity index (χ1v) is 13.6. The minimum atomic E-state index is -0.276. The summed E-state index contributed by atoms with van der Waals surface area (Å²) >= 11 is 0. The van der Waals surface area contributed by atoms with Gasteiger partial charge in [-0.1, -0.05) is 12.1 Å². The Balaban J connectivity index is 1.30. The molecule has 1 spiro atoms. The van der Waals surface area contributed by atoms with Crippen molar-refractivity contribution in [2.24, 2.45) is 5.41 Å². The van der Waals surface area contributed by atoms with Crippen LogP contribution in [0.1, 0.15) is 38.7 Å². The molecule has 39 heavy (non-hydrogen) atoms. The Kier molecular flexibility index (Phi) is 8.02. The molecular formula is C31H36FN3O4. The first kappa shape index (κ1) is 26.9. The minimum absolute atomic E-state index is 0.0178. The summed E-state index contributed by atoms with van der Waals surface area (Å²) in [6.07, 6.45) is 5.86. The van der Waals surface area contributed by atoms with Crippen LogP contribution < -0.4 is 19.1 Å². The van der Waals surface area contributed by atoms with Gasteiger partial charge in [-0.2, -0.15) is 0 Å². The van der Waals surface area contributed by atoms with E-state index in [1.165, 1.54) is 12.1 Å². The number of benzene rings is 2. The first-order chi connectivity index (χ1) is 18.9. The number of hydrogen-bond donors (Lipinski definition) is 0. The van der Waals surface area contributed by atoms with Gasteiger partial charge in [-0.3, -0.25) is 14.7 Å². The fraction of sp³-hybridized carbons (Fsp3) is 0.419. The number of anilines is 1. The van der Waals surface area contributed by atoms with Crippen LogP contribution >= 0.6 is 0 Å². The van der Waals surface area contributed by atoms with E-state index in [-0.39, 0.29) is 17.1 Å². The zero-order chi connectivity index (χ0) is 27.4. The maximum Gasteiger partial charge on any atom is 0.227 e. The van der Waals surface area contributed by atoms with E-state index in [2.05, 4.69) is 22.0 Å². The normalized spacial score (nSPS) is 17.0. The van der Waals surface area contributed by atoms with Crippen molar-refractivity contribution in [3.8, 4) is 28.4 Å². The molecule has 2 saturated heterocycles. The van der Waals surface area contributed by atoms with Crippen LogP contribution in [0.15, 0.2) is 54.9 Å². The Hall–Kier alpha value is -3.65. The number of hydrogen-bond acceptors (Lipinski definition) is 6. The van der Waals surface area contributed by atoms with Gasteiger partial charge in [0, 0.05) is 25.6 Å². The Morgan fingerprint density at radius 3 is 2.26 bits per heavy atom. The van der Waals surface area contributed by atoms with E-state index < -0.39 is 0 Å². The third kappa shape index (κ3) is 5.86. The molecular weight excluding hydrogens is 497 g/mol. The molecule has 2 aliphatic rings. The molecule has 5 rings (SSSR count). The van der Waals surface area contributed by atoms with Gasteiger partial charge in [-0.25, -0.2) is 4.39 Å². The predicted molar refractivity (Wildman–Crippen MR) is 149 cm³/mol. The number of ether oxygens (including phenoxy) is 3. The van der Waals surface area contributed by atoms with Gasteiger partial charge in [0.15, 0.2) is 0 Å². The molecule has 3 heterocycles. The molecule has 3 aromatic rings. The highest BCUT2D eigenvalue weighted by Crippen LogP contribution is 2.44. The summed E-state index contributed by atoms with van der Waals surface area (Å²) in [5, 5.41) is 0. The standard InChI is InChI=1S/C31H36FN3O4/c1-4-38-27-14-22(15-28(39-5-2)30(27)23-6-8-24(32)9-7-23)20-34-12-10-31(11-13-34)17-29(36)35(21-31)25-16-26(37-3)19-33-18-25/h6-9,14-16,18-19H,4-5,10-13,17,20-21H2,1-3H3. The van der Waals surface area contributed by atoms with Crippen LogP contribution in [0.4, 0.5) is 10.1 Å². The number of amides is 1. The summed E-state index contributed by atoms with van der Waals surface area (Å²) < 4.78 is 31.0. The number of carbonyl (C=O) groups excluding carboxylic acids is 1. The number of halogens is 1. The maximum absolute atomic E-state index is 13.6. The van der Waals surface area contributed by atoms with Crippen LogP contribution in [-0.4, -0.2) is 55.7 Å². The smallest absolute Gasteiger partial charge is 0.227 e. The van der Waals surface area contributed by atoms with Gasteiger partial charge in [-0.05, 0) is 80.6 Å². The van der Waals surface area contributed by atoms with Crippen molar-refractivity contribution in [2.45, 2.75) is 39.7 Å². The summed E-state index contributed by atoms with van der Waals surface area (Å²) in [6, 6.07) is 12.5. The molecule has 0 bridgehead atoms. The van der Waals surface area contributed by atoms with Gasteiger partial charge in [-0.15, -0.1) is 0 Å². The van der Waals surface area contributed by atoms with Crippen LogP contribution in [0, 0.1) is 11.2 Å². The van der Waals surface area contributed by atoms with Gasteiger partial charge in [0.1, 0.15) is 23.1 Å². The van der Waals surface area contributed by atoms with Crippen LogP contribution in [-0.2, 0) is 11.3 Å². The van der Waals surface area contributed by atoms with Crippen LogP contribution in [0.25, 0.3) is 11.1 Å². The number of aromatic nitrogens is 1. The Bertz CT molecular complexity index is 1280. The van der Waals surface area contributed by atoms with Crippen LogP contribution in [0.2, 0.25) is 0 Å². The topological polar surface area (TPSA) is 64.1 Å². The van der Waals surface area contributed by atoms with Crippen molar-refractivity contribution in [2.75, 3.05) is 44.9 Å². The fourth-order valence-electron chi connectivity index (χ4n) is 5.75. The largest absolute Gasteiger partial charge is 0.495 e. The molecule has 8 heteroatoms. The lowest BCUT2D eigenvalue weighted by molar-refractivity contribution is -0.118. The first-order valence-electron chi connectivity index (χ1n) is 13.6. The van der Waals surface area contributed by atoms with Crippen molar-refractivity contribution in [3.63, 3.8) is 0 Å². The summed E-state index contributed by atoms with van der Waals surface area (Å²) in [5.74, 6) is 2.00. The highest BCUT2D eigenvalue weighted by molar-refractivity contribution is 5.96. The van der Waals surface area contributed by atoms with Crippen molar-refractivity contribution in [1.29, 1.82) is 0 Å². The van der Waals surface area contributed by atoms with E-state index in [1.807, 2.05) is 24.8 Å². The molecule has 0 unspecified atom stereocenters. The molecule has 2 fully saturated rings. The number of nitrogens with zero attached hydrogens (tertiary/aromatic N) is 3. The lowest BCUT2D eigenvalue weighted by Crippen LogP contribution is -2.41. The summed E-state index contributed by atoms with van der Waals surface area (Å²) in [5.41, 5.74) is 3.59. The Morgan fingerprint density at radius 2 is 1.64 bits per heavy atom. The molecule has 2 aliphatic heterocycles. The average molecular weight is 534 g/mol. The van der Waals surface area contributed by atoms with Crippen molar-refractivity contribution >= 4 is 11.6 Å². The van der Waals surface area contributed by atoms with Crippen LogP contribution in [0.3, 0.4) is 0 Å². The fourth-order valence-corrected chi connectivity index (χ4v) is 5.75. The SMILES string of the molecule is CCOc1cc(CN2CCC3(CC2)CC(=O)N(c2cncc(OC)c2)C3)cc(OCC)c1-c1ccc(F)cc1. The molecule has 0 aliphatic carbocycles. The van der Waals surface area contributed by atoms with E-state index in [1.54, 1.807) is 31.6 Å². The lowest BCUT2D eigenvalue weighted by atomic mass is 9.77. The van der Waals surface area contributed by atoms with Crippen LogP contribution in [0.5, 0.6) is 17.2 Å². The molecule has 0 saturated carbocycles. The van der Waals surface area contributed by atoms with Crippen molar-refractivity contribution in [1.82, 2.24) is 9.88 Å². The summed E-state index contributed by atoms with van der Waals surface area (Å²) in [7, 11) is 1.61. The number of carbonyl (C=O) groups is 1. The third-order valence-corrected chi connectivity index (χ3v) is 7.75. The van der Waals surface area contributed by atoms with Crippen molar-refractivity contribution in [3.05, 3.63) is 66.2 Å². The van der Waals surface area contributed by atoms with E-state index >= 15 is 0 Å². The van der Waals surface area contributed by atoms with E-state index in [0.29, 0.717) is 31.9 Å². The molecule has 0 atom stereocenters. The van der Waals surface area contributed by atoms with Gasteiger partial charge < -0.3 is 19.1 Å². The highest BCUT2D eigenvalue weighted by Gasteiger charge is 2.45. The second-order valence-corrected chi connectivity index (χ2v) is 10.4. The highest BCUT2D eigenvalue weighted by atomic mass is 19.1. The molecule has 7 nitrogen and oxygen atoms in total. The predicted octanol–water partition coefficient (Wildman–Crippen LogP) is 5.71. The van der Waals surface area contributed by atoms with E-state index in [4.69, 9.17) is 14.2 Å². The monoisotopic (exact) mass is 533 g/mol.